The van der Waals surface area contributed by atoms with Crippen LogP contribution in [0.5, 0.6) is 0 Å². The molecule has 0 aliphatic carbocycles. The molecule has 10 heteroatoms. The Morgan fingerprint density at radius 3 is 2.64 bits per heavy atom. The summed E-state index contributed by atoms with van der Waals surface area (Å²) < 4.78 is 45.3. The number of nitrogens with zero attached hydrogens (tertiary/aromatic N) is 3. The van der Waals surface area contributed by atoms with E-state index in [2.05, 4.69) is 27.6 Å². The largest absolute Gasteiger partial charge is 0.490 e. The minimum absolute atomic E-state index is 0.242. The van der Waals surface area contributed by atoms with E-state index in [1.807, 2.05) is 26.2 Å². The number of aromatic nitrogens is 2. The normalized spacial score (nSPS) is 17.0. The fourth-order valence-electron chi connectivity index (χ4n) is 3.06. The molecule has 3 rings (SSSR count). The molecule has 0 amide bonds. The lowest BCUT2D eigenvalue weighted by Crippen LogP contribution is -2.38. The molecule has 0 fully saturated rings. The Kier molecular flexibility index (Phi) is 7.25. The van der Waals surface area contributed by atoms with Crippen LogP contribution < -0.4 is 0 Å². The number of carboxylic acids is 1. The minimum atomic E-state index is -5.08. The van der Waals surface area contributed by atoms with Gasteiger partial charge in [-0.3, -0.25) is 4.90 Å². The molecule has 3 heterocycles. The van der Waals surface area contributed by atoms with Crippen LogP contribution in [0.3, 0.4) is 0 Å². The fraction of sp³-hybridized carbons (Fsp3) is 0.556. The third kappa shape index (κ3) is 5.59. The van der Waals surface area contributed by atoms with Crippen LogP contribution in [-0.2, 0) is 29.5 Å². The van der Waals surface area contributed by atoms with E-state index in [9.17, 15) is 13.2 Å². The topological polar surface area (TPSA) is 80.7 Å². The lowest BCUT2D eigenvalue weighted by molar-refractivity contribution is -0.192. The maximum Gasteiger partial charge on any atom is 0.490 e. The van der Waals surface area contributed by atoms with E-state index in [0.29, 0.717) is 6.61 Å². The molecule has 0 saturated carbocycles. The smallest absolute Gasteiger partial charge is 0.475 e. The molecule has 156 valence electrons. The Morgan fingerprint density at radius 1 is 1.43 bits per heavy atom. The number of alkyl halides is 3. The van der Waals surface area contributed by atoms with E-state index in [1.165, 1.54) is 11.4 Å². The van der Waals surface area contributed by atoms with Gasteiger partial charge in [-0.2, -0.15) is 13.2 Å². The number of aryl methyl sites for hydroxylation is 2. The summed E-state index contributed by atoms with van der Waals surface area (Å²) in [4.78, 5) is 15.8. The Morgan fingerprint density at radius 2 is 2.11 bits per heavy atom. The van der Waals surface area contributed by atoms with Gasteiger partial charge in [0.2, 0.25) is 0 Å². The van der Waals surface area contributed by atoms with Crippen LogP contribution in [0, 0.1) is 6.92 Å². The molecule has 0 bridgehead atoms. The molecule has 1 N–H and O–H groups in total. The van der Waals surface area contributed by atoms with Crippen LogP contribution in [0.4, 0.5) is 13.2 Å². The molecule has 28 heavy (non-hydrogen) atoms. The van der Waals surface area contributed by atoms with Gasteiger partial charge >= 0.3 is 12.1 Å². The minimum Gasteiger partial charge on any atom is -0.475 e. The van der Waals surface area contributed by atoms with Gasteiger partial charge in [-0.05, 0) is 26.0 Å². The molecule has 1 aliphatic rings. The number of aliphatic carboxylic acids is 1. The first-order chi connectivity index (χ1) is 13.1. The summed E-state index contributed by atoms with van der Waals surface area (Å²) in [5.74, 6) is -0.781. The summed E-state index contributed by atoms with van der Waals surface area (Å²) in [6, 6.07) is 4.32. The summed E-state index contributed by atoms with van der Waals surface area (Å²) in [6.45, 7) is 7.25. The second kappa shape index (κ2) is 9.24. The zero-order valence-corrected chi connectivity index (χ0v) is 16.0. The number of ether oxygens (including phenoxy) is 1. The van der Waals surface area contributed by atoms with Crippen molar-refractivity contribution < 1.29 is 32.2 Å². The molecule has 7 nitrogen and oxygen atoms in total. The highest BCUT2D eigenvalue weighted by Crippen LogP contribution is 2.30. The number of halogens is 3. The number of carboxylic acid groups (broad SMARTS) is 1. The van der Waals surface area contributed by atoms with Gasteiger partial charge in [-0.1, -0.05) is 0 Å². The molecular weight excluding hydrogens is 379 g/mol. The summed E-state index contributed by atoms with van der Waals surface area (Å²) in [6.07, 6.45) is -2.19. The summed E-state index contributed by atoms with van der Waals surface area (Å²) >= 11 is 0. The van der Waals surface area contributed by atoms with Crippen molar-refractivity contribution >= 4 is 5.97 Å². The molecule has 0 aromatic carbocycles. The summed E-state index contributed by atoms with van der Waals surface area (Å²) in [7, 11) is 2.06. The van der Waals surface area contributed by atoms with Crippen molar-refractivity contribution in [2.75, 3.05) is 19.8 Å². The van der Waals surface area contributed by atoms with Crippen molar-refractivity contribution in [1.29, 1.82) is 0 Å². The van der Waals surface area contributed by atoms with Crippen molar-refractivity contribution in [1.82, 2.24) is 14.5 Å². The van der Waals surface area contributed by atoms with Crippen LogP contribution >= 0.6 is 0 Å². The molecule has 0 radical (unpaired) electrons. The third-order valence-corrected chi connectivity index (χ3v) is 4.33. The second-order valence-corrected chi connectivity index (χ2v) is 6.40. The zero-order chi connectivity index (χ0) is 20.9. The molecule has 0 spiro atoms. The van der Waals surface area contributed by atoms with Crippen LogP contribution in [-0.4, -0.2) is 51.5 Å². The van der Waals surface area contributed by atoms with E-state index in [0.717, 1.165) is 37.6 Å². The summed E-state index contributed by atoms with van der Waals surface area (Å²) in [5, 5.41) is 7.12. The van der Waals surface area contributed by atoms with Gasteiger partial charge in [0.1, 0.15) is 11.5 Å². The molecule has 1 aliphatic heterocycles. The average Bonchev–Trinajstić information content (AvgIpc) is 3.19. The maximum atomic E-state index is 10.6. The Bertz CT molecular complexity index is 785. The number of furan rings is 1. The van der Waals surface area contributed by atoms with Gasteiger partial charge < -0.3 is 18.8 Å². The van der Waals surface area contributed by atoms with Gasteiger partial charge in [0.25, 0.3) is 0 Å². The van der Waals surface area contributed by atoms with Crippen molar-refractivity contribution in [3.63, 3.8) is 0 Å². The van der Waals surface area contributed by atoms with Crippen LogP contribution in [0.15, 0.2) is 22.9 Å². The first-order valence-corrected chi connectivity index (χ1v) is 8.80. The van der Waals surface area contributed by atoms with Gasteiger partial charge in [-0.15, -0.1) is 0 Å². The number of fused-ring (bicyclic) bond motifs is 1. The maximum absolute atomic E-state index is 10.6. The number of rotatable bonds is 5. The first-order valence-electron chi connectivity index (χ1n) is 8.80. The predicted octanol–water partition coefficient (Wildman–Crippen LogP) is 3.09. The lowest BCUT2D eigenvalue weighted by atomic mass is 10.0. The van der Waals surface area contributed by atoms with Crippen LogP contribution in [0.25, 0.3) is 0 Å². The molecule has 2 aromatic rings. The van der Waals surface area contributed by atoms with Gasteiger partial charge in [-0.25, -0.2) is 9.78 Å². The highest BCUT2D eigenvalue weighted by molar-refractivity contribution is 5.73. The van der Waals surface area contributed by atoms with E-state index >= 15 is 0 Å². The van der Waals surface area contributed by atoms with E-state index in [1.54, 1.807) is 0 Å². The van der Waals surface area contributed by atoms with E-state index < -0.39 is 12.1 Å². The predicted molar refractivity (Wildman–Crippen MR) is 93.7 cm³/mol. The van der Waals surface area contributed by atoms with E-state index in [-0.39, 0.29) is 6.04 Å². The van der Waals surface area contributed by atoms with Gasteiger partial charge in [0, 0.05) is 26.6 Å². The zero-order valence-electron chi connectivity index (χ0n) is 16.0. The number of hydrogen-bond donors (Lipinski definition) is 1. The molecule has 1 unspecified atom stereocenters. The monoisotopic (exact) mass is 403 g/mol. The van der Waals surface area contributed by atoms with Crippen molar-refractivity contribution in [3.8, 4) is 0 Å². The second-order valence-electron chi connectivity index (χ2n) is 6.40. The number of carbonyl (C=O) groups is 1. The van der Waals surface area contributed by atoms with Crippen molar-refractivity contribution in [2.45, 2.75) is 39.0 Å². The van der Waals surface area contributed by atoms with Gasteiger partial charge in [0.05, 0.1) is 36.9 Å². The van der Waals surface area contributed by atoms with Crippen LogP contribution in [0.1, 0.15) is 35.9 Å². The standard InChI is InChI=1S/C16H23N3O2.C2HF3O2/c1-4-20-10-15-16-14(17-11-18(16)3)7-8-19(15)9-13-6-5-12(2)21-13;3-2(4,5)1(6)7/h5-6,11,15H,4,7-10H2,1-3H3;(H,6,7). The van der Waals surface area contributed by atoms with Crippen LogP contribution in [0.2, 0.25) is 0 Å². The highest BCUT2D eigenvalue weighted by atomic mass is 19.4. The quantitative estimate of drug-likeness (QED) is 0.826. The average molecular weight is 403 g/mol. The lowest BCUT2D eigenvalue weighted by Gasteiger charge is -2.35. The number of imidazole rings is 1. The first kappa shape index (κ1) is 22.0. The van der Waals surface area contributed by atoms with Gasteiger partial charge in [0.15, 0.2) is 0 Å². The molecular formula is C18H24F3N3O4. The number of hydrogen-bond acceptors (Lipinski definition) is 5. The molecule has 2 aromatic heterocycles. The highest BCUT2D eigenvalue weighted by Gasteiger charge is 2.38. The fourth-order valence-corrected chi connectivity index (χ4v) is 3.06. The van der Waals surface area contributed by atoms with E-state index in [4.69, 9.17) is 19.1 Å². The van der Waals surface area contributed by atoms with Crippen molar-refractivity contribution in [3.05, 3.63) is 41.4 Å². The Hall–Kier alpha value is -2.33. The Labute approximate surface area is 160 Å². The molecule has 0 saturated heterocycles. The summed E-state index contributed by atoms with van der Waals surface area (Å²) in [5.41, 5.74) is 2.48. The SMILES string of the molecule is CCOCC1c2c(ncn2C)CCN1Cc1ccc(C)o1.O=C(O)C(F)(F)F. The molecule has 1 atom stereocenters. The van der Waals surface area contributed by atoms with Crippen molar-refractivity contribution in [2.24, 2.45) is 7.05 Å². The Balaban J connectivity index is 0.000000345. The third-order valence-electron chi connectivity index (χ3n) is 4.33.